The molecule has 0 spiro atoms. The van der Waals surface area contributed by atoms with Crippen molar-refractivity contribution in [3.8, 4) is 0 Å². The number of amides is 1. The first kappa shape index (κ1) is 16.7. The second kappa shape index (κ2) is 7.92. The van der Waals surface area contributed by atoms with Gasteiger partial charge in [-0.05, 0) is 33.7 Å². The maximum atomic E-state index is 11.9. The minimum absolute atomic E-state index is 0.153. The van der Waals surface area contributed by atoms with E-state index in [1.165, 1.54) is 12.0 Å². The average Bonchev–Trinajstić information content (AvgIpc) is 2.26. The molecule has 2 N–H and O–H groups in total. The van der Waals surface area contributed by atoms with Gasteiger partial charge >= 0.3 is 12.1 Å². The summed E-state index contributed by atoms with van der Waals surface area (Å²) in [5.74, 6) is -0.351. The Labute approximate surface area is 108 Å². The number of rotatable bonds is 6. The largest absolute Gasteiger partial charge is 0.469 e. The van der Waals surface area contributed by atoms with E-state index in [2.05, 4.69) is 4.74 Å². The van der Waals surface area contributed by atoms with Crippen LogP contribution in [0, 0.1) is 0 Å². The minimum Gasteiger partial charge on any atom is -0.469 e. The van der Waals surface area contributed by atoms with Gasteiger partial charge in [-0.2, -0.15) is 0 Å². The first-order valence-electron chi connectivity index (χ1n) is 6.05. The molecule has 106 valence electrons. The van der Waals surface area contributed by atoms with Crippen molar-refractivity contribution in [3.63, 3.8) is 0 Å². The molecule has 0 unspecified atom stereocenters. The van der Waals surface area contributed by atoms with E-state index < -0.39 is 11.7 Å². The van der Waals surface area contributed by atoms with Crippen LogP contribution < -0.4 is 5.73 Å². The number of hydrogen-bond acceptors (Lipinski definition) is 5. The van der Waals surface area contributed by atoms with Gasteiger partial charge in [-0.1, -0.05) is 0 Å². The molecule has 0 saturated heterocycles. The molecule has 18 heavy (non-hydrogen) atoms. The summed E-state index contributed by atoms with van der Waals surface area (Å²) in [5, 5.41) is 0. The number of nitrogens with zero attached hydrogens (tertiary/aromatic N) is 1. The molecule has 0 aromatic carbocycles. The summed E-state index contributed by atoms with van der Waals surface area (Å²) in [4.78, 5) is 24.4. The number of hydrogen-bond donors (Lipinski definition) is 1. The van der Waals surface area contributed by atoms with Crippen molar-refractivity contribution in [2.45, 2.75) is 39.2 Å². The van der Waals surface area contributed by atoms with Crippen molar-refractivity contribution in [2.24, 2.45) is 5.73 Å². The lowest BCUT2D eigenvalue weighted by molar-refractivity contribution is -0.140. The molecule has 0 heterocycles. The summed E-state index contributed by atoms with van der Waals surface area (Å²) < 4.78 is 9.80. The summed E-state index contributed by atoms with van der Waals surface area (Å²) in [6.07, 6.45) is 0.389. The molecule has 0 rings (SSSR count). The number of ether oxygens (including phenoxy) is 2. The summed E-state index contributed by atoms with van der Waals surface area (Å²) >= 11 is 0. The predicted molar refractivity (Wildman–Crippen MR) is 68.1 cm³/mol. The molecular weight excluding hydrogens is 236 g/mol. The standard InChI is InChI=1S/C12H24N2O4/c1-12(2,3)18-11(16)14(8-5-7-13)9-6-10(15)17-4/h5-9,13H2,1-4H3. The minimum atomic E-state index is -0.552. The van der Waals surface area contributed by atoms with Gasteiger partial charge in [0.25, 0.3) is 0 Å². The van der Waals surface area contributed by atoms with Crippen LogP contribution in [0.1, 0.15) is 33.6 Å². The average molecular weight is 260 g/mol. The van der Waals surface area contributed by atoms with Crippen LogP contribution in [0.3, 0.4) is 0 Å². The van der Waals surface area contributed by atoms with Gasteiger partial charge < -0.3 is 20.1 Å². The molecule has 0 fully saturated rings. The third-order valence-electron chi connectivity index (χ3n) is 2.10. The molecule has 0 atom stereocenters. The number of nitrogens with two attached hydrogens (primary N) is 1. The molecule has 0 aliphatic rings. The van der Waals surface area contributed by atoms with Gasteiger partial charge in [0.2, 0.25) is 0 Å². The third kappa shape index (κ3) is 7.89. The van der Waals surface area contributed by atoms with Crippen molar-refractivity contribution >= 4 is 12.1 Å². The molecule has 0 aliphatic carbocycles. The molecule has 6 heteroatoms. The molecule has 0 aromatic heterocycles. The Bertz CT molecular complexity index is 274. The third-order valence-corrected chi connectivity index (χ3v) is 2.10. The number of methoxy groups -OCH3 is 1. The SMILES string of the molecule is COC(=O)CCN(CCCN)C(=O)OC(C)(C)C. The first-order chi connectivity index (χ1) is 8.30. The number of esters is 1. The molecule has 1 amide bonds. The first-order valence-corrected chi connectivity index (χ1v) is 6.05. The highest BCUT2D eigenvalue weighted by atomic mass is 16.6. The Balaban J connectivity index is 4.37. The Morgan fingerprint density at radius 1 is 1.22 bits per heavy atom. The second-order valence-corrected chi connectivity index (χ2v) is 4.94. The van der Waals surface area contributed by atoms with Crippen LogP contribution in [-0.2, 0) is 14.3 Å². The van der Waals surface area contributed by atoms with Crippen LogP contribution in [0.4, 0.5) is 4.79 Å². The Hall–Kier alpha value is -1.30. The zero-order valence-electron chi connectivity index (χ0n) is 11.7. The predicted octanol–water partition coefficient (Wildman–Crippen LogP) is 1.14. The Morgan fingerprint density at radius 2 is 1.83 bits per heavy atom. The van der Waals surface area contributed by atoms with Gasteiger partial charge in [0.1, 0.15) is 5.60 Å². The summed E-state index contributed by atoms with van der Waals surface area (Å²) in [7, 11) is 1.32. The van der Waals surface area contributed by atoms with E-state index in [0.717, 1.165) is 0 Å². The molecule has 0 aromatic rings. The van der Waals surface area contributed by atoms with E-state index in [4.69, 9.17) is 10.5 Å². The maximum absolute atomic E-state index is 11.9. The summed E-state index contributed by atoms with van der Waals surface area (Å²) in [6, 6.07) is 0. The second-order valence-electron chi connectivity index (χ2n) is 4.94. The zero-order valence-corrected chi connectivity index (χ0v) is 11.7. The maximum Gasteiger partial charge on any atom is 0.410 e. The van der Waals surface area contributed by atoms with Crippen LogP contribution in [0.25, 0.3) is 0 Å². The highest BCUT2D eigenvalue weighted by molar-refractivity contribution is 5.72. The van der Waals surface area contributed by atoms with Crippen LogP contribution in [0.5, 0.6) is 0 Å². The molecule has 0 radical (unpaired) electrons. The van der Waals surface area contributed by atoms with E-state index in [1.54, 1.807) is 20.8 Å². The molecular formula is C12H24N2O4. The van der Waals surface area contributed by atoms with Crippen molar-refractivity contribution in [1.29, 1.82) is 0 Å². The van der Waals surface area contributed by atoms with Crippen molar-refractivity contribution < 1.29 is 19.1 Å². The smallest absolute Gasteiger partial charge is 0.410 e. The lowest BCUT2D eigenvalue weighted by atomic mass is 10.2. The van der Waals surface area contributed by atoms with Crippen molar-refractivity contribution in [3.05, 3.63) is 0 Å². The summed E-state index contributed by atoms with van der Waals surface area (Å²) in [6.45, 7) is 6.63. The van der Waals surface area contributed by atoms with Gasteiger partial charge in [-0.25, -0.2) is 4.79 Å². The molecule has 0 saturated carbocycles. The van der Waals surface area contributed by atoms with Gasteiger partial charge in [0.05, 0.1) is 13.5 Å². The molecule has 0 aliphatic heterocycles. The topological polar surface area (TPSA) is 81.9 Å². The van der Waals surface area contributed by atoms with Crippen LogP contribution in [0.2, 0.25) is 0 Å². The number of carbonyl (C=O) groups excluding carboxylic acids is 2. The fraction of sp³-hybridized carbons (Fsp3) is 0.833. The van der Waals surface area contributed by atoms with Gasteiger partial charge in [-0.15, -0.1) is 0 Å². The lowest BCUT2D eigenvalue weighted by Crippen LogP contribution is -2.39. The normalized spacial score (nSPS) is 10.9. The van der Waals surface area contributed by atoms with Gasteiger partial charge in [0, 0.05) is 13.1 Å². The van der Waals surface area contributed by atoms with Crippen LogP contribution >= 0.6 is 0 Å². The Kier molecular flexibility index (Phi) is 7.35. The zero-order chi connectivity index (χ0) is 14.2. The monoisotopic (exact) mass is 260 g/mol. The van der Waals surface area contributed by atoms with E-state index in [0.29, 0.717) is 19.5 Å². The fourth-order valence-electron chi connectivity index (χ4n) is 1.23. The molecule has 6 nitrogen and oxygen atoms in total. The number of carbonyl (C=O) groups is 2. The van der Waals surface area contributed by atoms with Gasteiger partial charge in [-0.3, -0.25) is 4.79 Å². The van der Waals surface area contributed by atoms with E-state index in [9.17, 15) is 9.59 Å². The summed E-state index contributed by atoms with van der Waals surface area (Å²) in [5.41, 5.74) is 4.86. The lowest BCUT2D eigenvalue weighted by Gasteiger charge is -2.27. The highest BCUT2D eigenvalue weighted by Crippen LogP contribution is 2.10. The highest BCUT2D eigenvalue weighted by Gasteiger charge is 2.22. The van der Waals surface area contributed by atoms with Gasteiger partial charge in [0.15, 0.2) is 0 Å². The molecule has 0 bridgehead atoms. The fourth-order valence-corrected chi connectivity index (χ4v) is 1.23. The quantitative estimate of drug-likeness (QED) is 0.724. The Morgan fingerprint density at radius 3 is 2.28 bits per heavy atom. The van der Waals surface area contributed by atoms with Crippen LogP contribution in [-0.4, -0.2) is 49.3 Å². The van der Waals surface area contributed by atoms with E-state index >= 15 is 0 Å². The van der Waals surface area contributed by atoms with Crippen molar-refractivity contribution in [2.75, 3.05) is 26.7 Å². The van der Waals surface area contributed by atoms with Crippen LogP contribution in [0.15, 0.2) is 0 Å². The van der Waals surface area contributed by atoms with Crippen molar-refractivity contribution in [1.82, 2.24) is 4.90 Å². The van der Waals surface area contributed by atoms with E-state index in [1.807, 2.05) is 0 Å². The van der Waals surface area contributed by atoms with E-state index in [-0.39, 0.29) is 18.9 Å².